The number of hydrogen-bond donors (Lipinski definition) is 2. The third kappa shape index (κ3) is 5.36. The first-order chi connectivity index (χ1) is 11.1. The molecule has 0 aromatic heterocycles. The van der Waals surface area contributed by atoms with Gasteiger partial charge in [-0.1, -0.05) is 35.3 Å². The summed E-state index contributed by atoms with van der Waals surface area (Å²) >= 11 is 13.2. The fraction of sp³-hybridized carbons (Fsp3) is 0.125. The quantitative estimate of drug-likeness (QED) is 0.730. The van der Waals surface area contributed by atoms with E-state index in [-0.39, 0.29) is 12.5 Å². The van der Waals surface area contributed by atoms with Gasteiger partial charge in [0.1, 0.15) is 0 Å². The number of para-hydroxylation sites is 1. The maximum atomic E-state index is 12.1. The van der Waals surface area contributed by atoms with Gasteiger partial charge >= 0.3 is 0 Å². The fourth-order valence-corrected chi connectivity index (χ4v) is 2.76. The number of nitrogens with one attached hydrogen (secondary N) is 2. The lowest BCUT2D eigenvalue weighted by Crippen LogP contribution is -2.22. The van der Waals surface area contributed by atoms with E-state index in [0.29, 0.717) is 27.2 Å². The number of benzene rings is 2. The van der Waals surface area contributed by atoms with Gasteiger partial charge in [0.05, 0.1) is 34.1 Å². The normalized spacial score (nSPS) is 9.96. The molecule has 0 aliphatic heterocycles. The third-order valence-corrected chi connectivity index (χ3v) is 4.51. The minimum atomic E-state index is -0.193. The Morgan fingerprint density at radius 1 is 1.17 bits per heavy atom. The maximum absolute atomic E-state index is 12.1. The topological polar surface area (TPSA) is 64.9 Å². The molecule has 0 atom stereocenters. The molecule has 118 valence electrons. The van der Waals surface area contributed by atoms with Crippen molar-refractivity contribution < 1.29 is 4.79 Å². The standard InChI is InChI=1S/C16H13Cl2N3OS/c17-12-6-5-11(9-13(12)18)20-10-16(22)21-14-3-1-2-4-15(14)23-8-7-19/h1-6,9,20H,8,10H2,(H,21,22). The molecule has 0 fully saturated rings. The summed E-state index contributed by atoms with van der Waals surface area (Å²) in [6, 6.07) is 14.5. The van der Waals surface area contributed by atoms with Gasteiger partial charge in [0, 0.05) is 10.6 Å². The summed E-state index contributed by atoms with van der Waals surface area (Å²) in [5.41, 5.74) is 1.40. The average Bonchev–Trinajstić information content (AvgIpc) is 2.55. The summed E-state index contributed by atoms with van der Waals surface area (Å²) in [7, 11) is 0. The van der Waals surface area contributed by atoms with Crippen molar-refractivity contribution in [1.82, 2.24) is 0 Å². The second kappa shape index (κ2) is 8.68. The summed E-state index contributed by atoms with van der Waals surface area (Å²) in [5, 5.41) is 15.4. The minimum Gasteiger partial charge on any atom is -0.376 e. The Kier molecular flexibility index (Phi) is 6.60. The van der Waals surface area contributed by atoms with E-state index in [2.05, 4.69) is 16.7 Å². The molecule has 2 aromatic carbocycles. The highest BCUT2D eigenvalue weighted by Gasteiger charge is 2.07. The number of nitriles is 1. The van der Waals surface area contributed by atoms with E-state index >= 15 is 0 Å². The van der Waals surface area contributed by atoms with Crippen LogP contribution >= 0.6 is 35.0 Å². The second-order valence-corrected chi connectivity index (χ2v) is 6.31. The molecular formula is C16H13Cl2N3OS. The van der Waals surface area contributed by atoms with Crippen molar-refractivity contribution in [1.29, 1.82) is 5.26 Å². The van der Waals surface area contributed by atoms with E-state index in [1.165, 1.54) is 11.8 Å². The highest BCUT2D eigenvalue weighted by Crippen LogP contribution is 2.27. The molecule has 0 unspecified atom stereocenters. The number of thioether (sulfide) groups is 1. The van der Waals surface area contributed by atoms with Gasteiger partial charge in [-0.3, -0.25) is 4.79 Å². The number of rotatable bonds is 6. The predicted molar refractivity (Wildman–Crippen MR) is 96.4 cm³/mol. The van der Waals surface area contributed by atoms with Gasteiger partial charge in [0.15, 0.2) is 0 Å². The summed E-state index contributed by atoms with van der Waals surface area (Å²) in [6.45, 7) is 0.0925. The molecule has 0 saturated heterocycles. The molecule has 2 aromatic rings. The largest absolute Gasteiger partial charge is 0.376 e. The Morgan fingerprint density at radius 3 is 2.70 bits per heavy atom. The van der Waals surface area contributed by atoms with Gasteiger partial charge in [-0.2, -0.15) is 5.26 Å². The van der Waals surface area contributed by atoms with Crippen LogP contribution in [0, 0.1) is 11.3 Å². The zero-order chi connectivity index (χ0) is 16.7. The van der Waals surface area contributed by atoms with Crippen molar-refractivity contribution in [3.63, 3.8) is 0 Å². The molecule has 7 heteroatoms. The minimum absolute atomic E-state index is 0.0925. The third-order valence-electron chi connectivity index (χ3n) is 2.83. The Hall–Kier alpha value is -1.87. The fourth-order valence-electron chi connectivity index (χ4n) is 1.79. The molecule has 0 radical (unpaired) electrons. The molecule has 0 aliphatic rings. The number of carbonyl (C=O) groups is 1. The molecule has 2 rings (SSSR count). The number of anilines is 2. The maximum Gasteiger partial charge on any atom is 0.243 e. The Bertz CT molecular complexity index is 746. The number of halogens is 2. The molecule has 0 aliphatic carbocycles. The molecular weight excluding hydrogens is 353 g/mol. The van der Waals surface area contributed by atoms with Crippen molar-refractivity contribution in [3.8, 4) is 6.07 Å². The van der Waals surface area contributed by atoms with E-state index in [1.54, 1.807) is 24.3 Å². The lowest BCUT2D eigenvalue weighted by atomic mass is 10.3. The molecule has 0 bridgehead atoms. The summed E-state index contributed by atoms with van der Waals surface area (Å²) < 4.78 is 0. The van der Waals surface area contributed by atoms with Gasteiger partial charge in [-0.25, -0.2) is 0 Å². The zero-order valence-corrected chi connectivity index (χ0v) is 14.3. The first-order valence-corrected chi connectivity index (χ1v) is 8.42. The van der Waals surface area contributed by atoms with Crippen LogP contribution in [0.2, 0.25) is 10.0 Å². The predicted octanol–water partition coefficient (Wildman–Crippen LogP) is 4.66. The summed E-state index contributed by atoms with van der Waals surface area (Å²) in [5.74, 6) is 0.134. The van der Waals surface area contributed by atoms with E-state index in [1.807, 2.05) is 18.2 Å². The van der Waals surface area contributed by atoms with Crippen molar-refractivity contribution in [2.45, 2.75) is 4.90 Å². The van der Waals surface area contributed by atoms with E-state index < -0.39 is 0 Å². The van der Waals surface area contributed by atoms with Crippen LogP contribution in [0.15, 0.2) is 47.4 Å². The lowest BCUT2D eigenvalue weighted by Gasteiger charge is -2.11. The molecule has 0 saturated carbocycles. The number of carbonyl (C=O) groups excluding carboxylic acids is 1. The Balaban J connectivity index is 1.94. The van der Waals surface area contributed by atoms with Crippen LogP contribution in [-0.4, -0.2) is 18.2 Å². The van der Waals surface area contributed by atoms with Gasteiger partial charge in [0.2, 0.25) is 5.91 Å². The van der Waals surface area contributed by atoms with Crippen LogP contribution in [0.5, 0.6) is 0 Å². The highest BCUT2D eigenvalue weighted by atomic mass is 35.5. The van der Waals surface area contributed by atoms with E-state index in [4.69, 9.17) is 28.5 Å². The van der Waals surface area contributed by atoms with Gasteiger partial charge < -0.3 is 10.6 Å². The molecule has 23 heavy (non-hydrogen) atoms. The molecule has 0 spiro atoms. The SMILES string of the molecule is N#CCSc1ccccc1NC(=O)CNc1ccc(Cl)c(Cl)c1. The summed E-state index contributed by atoms with van der Waals surface area (Å²) in [4.78, 5) is 12.9. The van der Waals surface area contributed by atoms with Crippen molar-refractivity contribution in [3.05, 3.63) is 52.5 Å². The van der Waals surface area contributed by atoms with Crippen LogP contribution in [0.25, 0.3) is 0 Å². The van der Waals surface area contributed by atoms with E-state index in [9.17, 15) is 4.79 Å². The number of hydrogen-bond acceptors (Lipinski definition) is 4. The van der Waals surface area contributed by atoms with Crippen LogP contribution in [0.1, 0.15) is 0 Å². The van der Waals surface area contributed by atoms with E-state index in [0.717, 1.165) is 4.90 Å². The van der Waals surface area contributed by atoms with Crippen molar-refractivity contribution in [2.75, 3.05) is 22.9 Å². The molecule has 1 amide bonds. The number of amides is 1. The van der Waals surface area contributed by atoms with Gasteiger partial charge in [-0.05, 0) is 30.3 Å². The zero-order valence-electron chi connectivity index (χ0n) is 12.0. The Morgan fingerprint density at radius 2 is 1.96 bits per heavy atom. The second-order valence-electron chi connectivity index (χ2n) is 4.47. The molecule has 2 N–H and O–H groups in total. The summed E-state index contributed by atoms with van der Waals surface area (Å²) in [6.07, 6.45) is 0. The Labute approximate surface area is 148 Å². The molecule has 4 nitrogen and oxygen atoms in total. The van der Waals surface area contributed by atoms with Crippen molar-refractivity contribution >= 4 is 52.2 Å². The van der Waals surface area contributed by atoms with Crippen LogP contribution in [-0.2, 0) is 4.79 Å². The van der Waals surface area contributed by atoms with Crippen LogP contribution in [0.4, 0.5) is 11.4 Å². The molecule has 0 heterocycles. The highest BCUT2D eigenvalue weighted by molar-refractivity contribution is 7.99. The average molecular weight is 366 g/mol. The van der Waals surface area contributed by atoms with Gasteiger partial charge in [-0.15, -0.1) is 11.8 Å². The van der Waals surface area contributed by atoms with Crippen molar-refractivity contribution in [2.24, 2.45) is 0 Å². The van der Waals surface area contributed by atoms with Gasteiger partial charge in [0.25, 0.3) is 0 Å². The lowest BCUT2D eigenvalue weighted by molar-refractivity contribution is -0.114. The van der Waals surface area contributed by atoms with Crippen LogP contribution < -0.4 is 10.6 Å². The van der Waals surface area contributed by atoms with Crippen LogP contribution in [0.3, 0.4) is 0 Å². The monoisotopic (exact) mass is 365 g/mol. The first kappa shape index (κ1) is 17.5. The smallest absolute Gasteiger partial charge is 0.243 e. The first-order valence-electron chi connectivity index (χ1n) is 6.67. The number of nitrogens with zero attached hydrogens (tertiary/aromatic N) is 1.